The number of aryl methyl sites for hydroxylation is 1. The van der Waals surface area contributed by atoms with Crippen LogP contribution in [0.3, 0.4) is 0 Å². The molecule has 0 fully saturated rings. The number of hydrogen-bond acceptors (Lipinski definition) is 1. The lowest BCUT2D eigenvalue weighted by atomic mass is 9.78. The van der Waals surface area contributed by atoms with Crippen molar-refractivity contribution in [2.45, 2.75) is 12.8 Å². The van der Waals surface area contributed by atoms with Gasteiger partial charge >= 0.3 is 0 Å². The van der Waals surface area contributed by atoms with E-state index in [4.69, 9.17) is 0 Å². The van der Waals surface area contributed by atoms with E-state index in [-0.39, 0.29) is 0 Å². The van der Waals surface area contributed by atoms with E-state index in [1.165, 1.54) is 88.0 Å². The Labute approximate surface area is 345 Å². The van der Waals surface area contributed by atoms with E-state index in [1.807, 2.05) is 0 Å². The van der Waals surface area contributed by atoms with E-state index in [0.717, 1.165) is 29.9 Å². The average Bonchev–Trinajstić information content (AvgIpc) is 3.32. The Hall–Kier alpha value is -7.48. The first-order valence-electron chi connectivity index (χ1n) is 20.6. The SMILES string of the molecule is C1=C(c2c(-c3ccccc3)cc(-c3ccccc3)c3c4ccc(-c5ccc(N(c6ccccc6)c6ccccc6)cc5)cc4c4ccccc4c23)CCc2ccccc21. The molecule has 0 saturated carbocycles. The largest absolute Gasteiger partial charge is 0.311 e. The molecular weight excluding hydrogens is 711 g/mol. The third-order valence-corrected chi connectivity index (χ3v) is 12.1. The van der Waals surface area contributed by atoms with Crippen molar-refractivity contribution in [3.8, 4) is 33.4 Å². The van der Waals surface area contributed by atoms with Gasteiger partial charge in [-0.15, -0.1) is 0 Å². The Morgan fingerprint density at radius 1 is 0.322 bits per heavy atom. The maximum Gasteiger partial charge on any atom is 0.0462 e. The standard InChI is InChI=1S/C58H41N/c1-5-18-42(19-6-1)53-39-54(43-20-7-2-8-21-43)57-52-36-33-45(41-31-34-49(35-32-41)59(47-23-9-3-10-24-47)48-25-11-4-12-26-48)38-55(52)50-27-15-16-28-51(50)58(57)56(53)46-30-29-40-17-13-14-22-44(40)37-46/h1-28,31-39H,29-30H2. The molecule has 1 aliphatic rings. The summed E-state index contributed by atoms with van der Waals surface area (Å²) in [5, 5.41) is 7.74. The van der Waals surface area contributed by atoms with Gasteiger partial charge < -0.3 is 4.90 Å². The van der Waals surface area contributed by atoms with Crippen molar-refractivity contribution in [1.29, 1.82) is 0 Å². The number of para-hydroxylation sites is 2. The van der Waals surface area contributed by atoms with Crippen LogP contribution in [0.1, 0.15) is 23.1 Å². The highest BCUT2D eigenvalue weighted by atomic mass is 15.1. The van der Waals surface area contributed by atoms with Crippen LogP contribution in [0.4, 0.5) is 17.1 Å². The second-order valence-corrected chi connectivity index (χ2v) is 15.6. The molecule has 0 atom stereocenters. The smallest absolute Gasteiger partial charge is 0.0462 e. The summed E-state index contributed by atoms with van der Waals surface area (Å²) in [5.41, 5.74) is 16.3. The zero-order valence-electron chi connectivity index (χ0n) is 32.7. The summed E-state index contributed by atoms with van der Waals surface area (Å²) < 4.78 is 0. The van der Waals surface area contributed by atoms with Gasteiger partial charge in [-0.25, -0.2) is 0 Å². The lowest BCUT2D eigenvalue weighted by molar-refractivity contribution is 1.00. The predicted molar refractivity (Wildman–Crippen MR) is 253 cm³/mol. The summed E-state index contributed by atoms with van der Waals surface area (Å²) in [6.45, 7) is 0. The number of benzene rings is 10. The quantitative estimate of drug-likeness (QED) is 0.147. The molecule has 278 valence electrons. The number of fused-ring (bicyclic) bond motifs is 7. The van der Waals surface area contributed by atoms with E-state index >= 15 is 0 Å². The zero-order valence-corrected chi connectivity index (χ0v) is 32.7. The molecule has 1 heteroatoms. The van der Waals surface area contributed by atoms with Gasteiger partial charge in [0, 0.05) is 17.1 Å². The molecule has 0 aliphatic heterocycles. The number of anilines is 3. The Kier molecular flexibility index (Phi) is 8.71. The molecule has 0 amide bonds. The summed E-state index contributed by atoms with van der Waals surface area (Å²) in [4.78, 5) is 2.32. The minimum Gasteiger partial charge on any atom is -0.311 e. The third-order valence-electron chi connectivity index (χ3n) is 12.1. The van der Waals surface area contributed by atoms with Crippen molar-refractivity contribution in [3.05, 3.63) is 235 Å². The van der Waals surface area contributed by atoms with Gasteiger partial charge in [0.25, 0.3) is 0 Å². The number of allylic oxidation sites excluding steroid dienone is 1. The molecule has 0 heterocycles. The van der Waals surface area contributed by atoms with Gasteiger partial charge in [-0.1, -0.05) is 176 Å². The summed E-state index contributed by atoms with van der Waals surface area (Å²) in [6.07, 6.45) is 4.48. The van der Waals surface area contributed by atoms with E-state index in [1.54, 1.807) is 0 Å². The van der Waals surface area contributed by atoms with Crippen LogP contribution in [-0.4, -0.2) is 0 Å². The third kappa shape index (κ3) is 6.20. The number of nitrogens with zero attached hydrogens (tertiary/aromatic N) is 1. The lowest BCUT2D eigenvalue weighted by Crippen LogP contribution is -2.09. The molecular formula is C58H41N. The minimum absolute atomic E-state index is 0.990. The van der Waals surface area contributed by atoms with Crippen LogP contribution in [0.25, 0.3) is 77.3 Å². The molecule has 1 aliphatic carbocycles. The highest BCUT2D eigenvalue weighted by molar-refractivity contribution is 6.32. The molecule has 0 radical (unpaired) electrons. The van der Waals surface area contributed by atoms with Crippen molar-refractivity contribution < 1.29 is 0 Å². The fourth-order valence-corrected chi connectivity index (χ4v) is 9.39. The Morgan fingerprint density at radius 3 is 1.53 bits per heavy atom. The Balaban J connectivity index is 1.16. The van der Waals surface area contributed by atoms with Gasteiger partial charge in [0.15, 0.2) is 0 Å². The molecule has 10 aromatic rings. The monoisotopic (exact) mass is 751 g/mol. The van der Waals surface area contributed by atoms with Crippen LogP contribution in [0.15, 0.2) is 218 Å². The molecule has 1 nitrogen and oxygen atoms in total. The van der Waals surface area contributed by atoms with Crippen LogP contribution in [-0.2, 0) is 6.42 Å². The van der Waals surface area contributed by atoms with Gasteiger partial charge in [-0.3, -0.25) is 0 Å². The van der Waals surface area contributed by atoms with E-state index in [9.17, 15) is 0 Å². The minimum atomic E-state index is 0.990. The first kappa shape index (κ1) is 34.7. The van der Waals surface area contributed by atoms with Crippen molar-refractivity contribution in [2.24, 2.45) is 0 Å². The average molecular weight is 752 g/mol. The van der Waals surface area contributed by atoms with Crippen molar-refractivity contribution in [2.75, 3.05) is 4.90 Å². The van der Waals surface area contributed by atoms with Crippen LogP contribution in [0.5, 0.6) is 0 Å². The summed E-state index contributed by atoms with van der Waals surface area (Å²) in [7, 11) is 0. The molecule has 0 saturated heterocycles. The summed E-state index contributed by atoms with van der Waals surface area (Å²) in [6, 6.07) is 79.9. The molecule has 0 spiro atoms. The maximum absolute atomic E-state index is 2.48. The molecule has 0 aromatic heterocycles. The van der Waals surface area contributed by atoms with Gasteiger partial charge in [-0.05, 0) is 149 Å². The fourth-order valence-electron chi connectivity index (χ4n) is 9.39. The van der Waals surface area contributed by atoms with Gasteiger partial charge in [0.05, 0.1) is 0 Å². The summed E-state index contributed by atoms with van der Waals surface area (Å²) in [5.74, 6) is 0. The van der Waals surface area contributed by atoms with Crippen LogP contribution >= 0.6 is 0 Å². The van der Waals surface area contributed by atoms with Crippen molar-refractivity contribution >= 4 is 61.0 Å². The molecule has 0 bridgehead atoms. The van der Waals surface area contributed by atoms with Gasteiger partial charge in [0.2, 0.25) is 0 Å². The topological polar surface area (TPSA) is 3.24 Å². The Bertz CT molecular complexity index is 3130. The first-order valence-corrected chi connectivity index (χ1v) is 20.6. The fraction of sp³-hybridized carbons (Fsp3) is 0.0345. The highest BCUT2D eigenvalue weighted by Crippen LogP contribution is 2.49. The first-order chi connectivity index (χ1) is 29.3. The van der Waals surface area contributed by atoms with Gasteiger partial charge in [0.1, 0.15) is 0 Å². The summed E-state index contributed by atoms with van der Waals surface area (Å²) >= 11 is 0. The van der Waals surface area contributed by atoms with Crippen LogP contribution in [0, 0.1) is 0 Å². The van der Waals surface area contributed by atoms with E-state index in [2.05, 4.69) is 229 Å². The second-order valence-electron chi connectivity index (χ2n) is 15.6. The number of hydrogen-bond donors (Lipinski definition) is 0. The molecule has 10 aromatic carbocycles. The predicted octanol–water partition coefficient (Wildman–Crippen LogP) is 16.1. The molecule has 0 unspecified atom stereocenters. The lowest BCUT2D eigenvalue weighted by Gasteiger charge is -2.26. The zero-order chi connectivity index (χ0) is 39.1. The van der Waals surface area contributed by atoms with Crippen LogP contribution < -0.4 is 4.90 Å². The van der Waals surface area contributed by atoms with E-state index in [0.29, 0.717) is 0 Å². The molecule has 59 heavy (non-hydrogen) atoms. The van der Waals surface area contributed by atoms with Gasteiger partial charge in [-0.2, -0.15) is 0 Å². The van der Waals surface area contributed by atoms with E-state index < -0.39 is 0 Å². The Morgan fingerprint density at radius 2 is 0.847 bits per heavy atom. The second kappa shape index (κ2) is 14.8. The maximum atomic E-state index is 2.48. The number of rotatable bonds is 7. The van der Waals surface area contributed by atoms with Crippen LogP contribution in [0.2, 0.25) is 0 Å². The van der Waals surface area contributed by atoms with Crippen molar-refractivity contribution in [3.63, 3.8) is 0 Å². The highest BCUT2D eigenvalue weighted by Gasteiger charge is 2.24. The molecule has 0 N–H and O–H groups in total. The molecule has 11 rings (SSSR count). The normalized spacial score (nSPS) is 12.4. The van der Waals surface area contributed by atoms with Crippen molar-refractivity contribution in [1.82, 2.24) is 0 Å².